The zero-order valence-corrected chi connectivity index (χ0v) is 17.7. The van der Waals surface area contributed by atoms with Gasteiger partial charge in [0.25, 0.3) is 5.56 Å². The molecule has 2 aromatic carbocycles. The first-order valence-corrected chi connectivity index (χ1v) is 10.0. The van der Waals surface area contributed by atoms with Crippen LogP contribution in [0.5, 0.6) is 0 Å². The largest absolute Gasteiger partial charge is 0.361 e. The number of halogens is 1. The van der Waals surface area contributed by atoms with Gasteiger partial charge < -0.3 is 10.6 Å². The Morgan fingerprint density at radius 2 is 1.87 bits per heavy atom. The molecular weight excluding hydrogens is 398 g/mol. The topological polar surface area (TPSA) is 71.8 Å². The van der Waals surface area contributed by atoms with Crippen molar-refractivity contribution in [3.63, 3.8) is 0 Å². The number of hydrogen-bond acceptors (Lipinski definition) is 5. The molecule has 0 fully saturated rings. The minimum absolute atomic E-state index is 0.0508. The third kappa shape index (κ3) is 3.62. The Bertz CT molecular complexity index is 1270. The number of fused-ring (bicyclic) bond motifs is 1. The first-order chi connectivity index (χ1) is 14.5. The van der Waals surface area contributed by atoms with Crippen molar-refractivity contribution < 1.29 is 0 Å². The highest BCUT2D eigenvalue weighted by Crippen LogP contribution is 2.27. The van der Waals surface area contributed by atoms with Gasteiger partial charge in [0.05, 0.1) is 17.6 Å². The SMILES string of the molecule is CNc1ncc(Cl)c(N[C@@H](C)c2cc3cccc(C)c3c(=O)n2-c2ccccc2)n1. The molecule has 0 aliphatic carbocycles. The van der Waals surface area contributed by atoms with E-state index in [0.717, 1.165) is 27.7 Å². The number of nitrogens with zero attached hydrogens (tertiary/aromatic N) is 3. The van der Waals surface area contributed by atoms with Crippen molar-refractivity contribution in [2.75, 3.05) is 17.7 Å². The van der Waals surface area contributed by atoms with E-state index in [1.54, 1.807) is 17.8 Å². The number of anilines is 2. The molecule has 2 aromatic heterocycles. The van der Waals surface area contributed by atoms with Gasteiger partial charge in [0.1, 0.15) is 5.02 Å². The average molecular weight is 420 g/mol. The number of benzene rings is 2. The Labute approximate surface area is 179 Å². The van der Waals surface area contributed by atoms with Gasteiger partial charge in [-0.3, -0.25) is 9.36 Å². The van der Waals surface area contributed by atoms with E-state index in [1.807, 2.05) is 68.4 Å². The van der Waals surface area contributed by atoms with Crippen LogP contribution < -0.4 is 16.2 Å². The van der Waals surface area contributed by atoms with Crippen molar-refractivity contribution in [2.45, 2.75) is 19.9 Å². The molecule has 0 spiro atoms. The molecule has 0 aliphatic rings. The molecule has 4 aromatic rings. The van der Waals surface area contributed by atoms with Crippen LogP contribution in [-0.4, -0.2) is 21.6 Å². The van der Waals surface area contributed by atoms with Crippen LogP contribution >= 0.6 is 11.6 Å². The van der Waals surface area contributed by atoms with Gasteiger partial charge in [0.2, 0.25) is 5.95 Å². The number of aryl methyl sites for hydroxylation is 1. The van der Waals surface area contributed by atoms with Crippen molar-refractivity contribution in [2.24, 2.45) is 0 Å². The molecule has 0 unspecified atom stereocenters. The summed E-state index contributed by atoms with van der Waals surface area (Å²) in [5, 5.41) is 8.27. The second-order valence-electron chi connectivity index (χ2n) is 7.09. The number of rotatable bonds is 5. The molecule has 0 saturated heterocycles. The maximum atomic E-state index is 13.6. The number of para-hydroxylation sites is 1. The zero-order valence-electron chi connectivity index (χ0n) is 17.0. The Balaban J connectivity index is 1.90. The summed E-state index contributed by atoms with van der Waals surface area (Å²) >= 11 is 6.30. The summed E-state index contributed by atoms with van der Waals surface area (Å²) in [5.41, 5.74) is 2.52. The fraction of sp³-hybridized carbons (Fsp3) is 0.174. The number of aromatic nitrogens is 3. The van der Waals surface area contributed by atoms with E-state index in [9.17, 15) is 4.79 Å². The van der Waals surface area contributed by atoms with Gasteiger partial charge >= 0.3 is 0 Å². The first-order valence-electron chi connectivity index (χ1n) is 9.67. The number of nitrogens with one attached hydrogen (secondary N) is 2. The van der Waals surface area contributed by atoms with Crippen molar-refractivity contribution in [3.8, 4) is 5.69 Å². The van der Waals surface area contributed by atoms with E-state index in [2.05, 4.69) is 20.6 Å². The normalized spacial score (nSPS) is 12.0. The van der Waals surface area contributed by atoms with Gasteiger partial charge in [-0.05, 0) is 43.0 Å². The molecule has 2 N–H and O–H groups in total. The molecule has 1 atom stereocenters. The molecule has 30 heavy (non-hydrogen) atoms. The van der Waals surface area contributed by atoms with Crippen molar-refractivity contribution >= 4 is 34.1 Å². The predicted molar refractivity (Wildman–Crippen MR) is 123 cm³/mol. The Kier molecular flexibility index (Phi) is 5.42. The standard InChI is InChI=1S/C23H22ClN5O/c1-14-8-7-9-16-12-19(15(2)27-21-18(24)13-26-23(25-3)28-21)29(22(30)20(14)16)17-10-5-4-6-11-17/h4-13,15H,1-3H3,(H2,25,26,27,28)/t15-/m0/s1. The van der Waals surface area contributed by atoms with E-state index < -0.39 is 0 Å². The molecule has 2 heterocycles. The fourth-order valence-electron chi connectivity index (χ4n) is 3.59. The lowest BCUT2D eigenvalue weighted by Gasteiger charge is -2.22. The Hall–Kier alpha value is -3.38. The maximum absolute atomic E-state index is 13.6. The van der Waals surface area contributed by atoms with Crippen molar-refractivity contribution in [3.05, 3.63) is 87.4 Å². The van der Waals surface area contributed by atoms with Crippen LogP contribution in [0, 0.1) is 6.92 Å². The van der Waals surface area contributed by atoms with Crippen LogP contribution in [0.15, 0.2) is 65.6 Å². The van der Waals surface area contributed by atoms with Gasteiger partial charge in [-0.2, -0.15) is 4.98 Å². The average Bonchev–Trinajstić information content (AvgIpc) is 2.75. The molecule has 0 aliphatic heterocycles. The highest BCUT2D eigenvalue weighted by atomic mass is 35.5. The number of hydrogen-bond donors (Lipinski definition) is 2. The third-order valence-corrected chi connectivity index (χ3v) is 5.34. The van der Waals surface area contributed by atoms with Crippen LogP contribution in [-0.2, 0) is 0 Å². The summed E-state index contributed by atoms with van der Waals surface area (Å²) in [4.78, 5) is 22.1. The molecule has 152 valence electrons. The lowest BCUT2D eigenvalue weighted by Crippen LogP contribution is -2.26. The van der Waals surface area contributed by atoms with Crippen LogP contribution in [0.2, 0.25) is 5.02 Å². The fourth-order valence-corrected chi connectivity index (χ4v) is 3.73. The first kappa shape index (κ1) is 19.9. The van der Waals surface area contributed by atoms with Crippen LogP contribution in [0.1, 0.15) is 24.2 Å². The van der Waals surface area contributed by atoms with E-state index in [-0.39, 0.29) is 11.6 Å². The van der Waals surface area contributed by atoms with Gasteiger partial charge in [0.15, 0.2) is 5.82 Å². The quantitative estimate of drug-likeness (QED) is 0.478. The van der Waals surface area contributed by atoms with Crippen molar-refractivity contribution in [1.29, 1.82) is 0 Å². The van der Waals surface area contributed by atoms with Gasteiger partial charge in [-0.1, -0.05) is 48.0 Å². The Morgan fingerprint density at radius 3 is 2.60 bits per heavy atom. The highest BCUT2D eigenvalue weighted by Gasteiger charge is 2.18. The van der Waals surface area contributed by atoms with Crippen LogP contribution in [0.4, 0.5) is 11.8 Å². The molecule has 4 rings (SSSR count). The summed E-state index contributed by atoms with van der Waals surface area (Å²) in [6.45, 7) is 3.94. The molecule has 6 nitrogen and oxygen atoms in total. The minimum Gasteiger partial charge on any atom is -0.361 e. The van der Waals surface area contributed by atoms with Crippen LogP contribution in [0.25, 0.3) is 16.5 Å². The predicted octanol–water partition coefficient (Wildman–Crippen LogP) is 4.96. The highest BCUT2D eigenvalue weighted by molar-refractivity contribution is 6.32. The minimum atomic E-state index is -0.250. The molecule has 0 saturated carbocycles. The van der Waals surface area contributed by atoms with E-state index >= 15 is 0 Å². The van der Waals surface area contributed by atoms with Gasteiger partial charge in [-0.25, -0.2) is 4.98 Å². The molecule has 0 radical (unpaired) electrons. The zero-order chi connectivity index (χ0) is 21.3. The summed E-state index contributed by atoms with van der Waals surface area (Å²) in [6, 6.07) is 17.3. The third-order valence-electron chi connectivity index (χ3n) is 5.06. The van der Waals surface area contributed by atoms with E-state index in [1.165, 1.54) is 0 Å². The van der Waals surface area contributed by atoms with Crippen molar-refractivity contribution in [1.82, 2.24) is 14.5 Å². The molecule has 7 heteroatoms. The van der Waals surface area contributed by atoms with E-state index in [4.69, 9.17) is 11.6 Å². The number of pyridine rings is 1. The second kappa shape index (κ2) is 8.16. The second-order valence-corrected chi connectivity index (χ2v) is 7.50. The summed E-state index contributed by atoms with van der Waals surface area (Å²) in [6.07, 6.45) is 1.55. The van der Waals surface area contributed by atoms with Crippen LogP contribution in [0.3, 0.4) is 0 Å². The van der Waals surface area contributed by atoms with Gasteiger partial charge in [-0.15, -0.1) is 0 Å². The summed E-state index contributed by atoms with van der Waals surface area (Å²) < 4.78 is 1.75. The molecular formula is C23H22ClN5O. The Morgan fingerprint density at radius 1 is 1.10 bits per heavy atom. The summed E-state index contributed by atoms with van der Waals surface area (Å²) in [7, 11) is 1.75. The maximum Gasteiger partial charge on any atom is 0.263 e. The molecule has 0 amide bonds. The van der Waals surface area contributed by atoms with Gasteiger partial charge in [0, 0.05) is 18.4 Å². The monoisotopic (exact) mass is 419 g/mol. The lowest BCUT2D eigenvalue weighted by atomic mass is 10.0. The smallest absolute Gasteiger partial charge is 0.263 e. The lowest BCUT2D eigenvalue weighted by molar-refractivity contribution is 0.773. The van der Waals surface area contributed by atoms with E-state index in [0.29, 0.717) is 16.8 Å². The molecule has 0 bridgehead atoms. The summed E-state index contributed by atoms with van der Waals surface area (Å²) in [5.74, 6) is 0.962.